The highest BCUT2D eigenvalue weighted by Gasteiger charge is 1.98. The van der Waals surface area contributed by atoms with Crippen LogP contribution < -0.4 is 15.8 Å². The Bertz CT molecular complexity index is 634. The molecule has 1 heterocycles. The van der Waals surface area contributed by atoms with E-state index in [1.54, 1.807) is 12.1 Å². The number of ether oxygens (including phenoxy) is 1. The van der Waals surface area contributed by atoms with Gasteiger partial charge in [-0.05, 0) is 30.2 Å². The third-order valence-corrected chi connectivity index (χ3v) is 3.15. The van der Waals surface area contributed by atoms with E-state index in [2.05, 4.69) is 34.3 Å². The summed E-state index contributed by atoms with van der Waals surface area (Å²) in [5.74, 6) is 0.877. The topological polar surface area (TPSA) is 72.5 Å². The number of rotatable bonds is 6. The van der Waals surface area contributed by atoms with Gasteiger partial charge in [0.1, 0.15) is 6.61 Å². The molecule has 0 saturated heterocycles. The molecule has 0 amide bonds. The Balaban J connectivity index is 0.00000264. The molecule has 2 rings (SSSR count). The molecule has 23 heavy (non-hydrogen) atoms. The molecular formula is C16H20ClIN4O. The van der Waals surface area contributed by atoms with Gasteiger partial charge in [0.25, 0.3) is 0 Å². The lowest BCUT2D eigenvalue weighted by Crippen LogP contribution is -2.23. The number of guanidine groups is 1. The molecule has 0 fully saturated rings. The zero-order chi connectivity index (χ0) is 15.8. The number of nitrogens with one attached hydrogen (secondary N) is 1. The van der Waals surface area contributed by atoms with Crippen molar-refractivity contribution >= 4 is 47.2 Å². The highest BCUT2D eigenvalue weighted by molar-refractivity contribution is 14.0. The van der Waals surface area contributed by atoms with Crippen LogP contribution in [-0.2, 0) is 6.42 Å². The number of hydrogen-bond donors (Lipinski definition) is 2. The molecular weight excluding hydrogens is 427 g/mol. The molecule has 124 valence electrons. The third-order valence-electron chi connectivity index (χ3n) is 2.93. The van der Waals surface area contributed by atoms with Gasteiger partial charge in [0, 0.05) is 18.0 Å². The standard InChI is InChI=1S/C16H19ClN4O.HI/c1-2-12-4-3-5-14(10-12)21-16(18)19-8-9-22-15-7-6-13(17)11-20-15;/h3-7,10-11H,2,8-9H2,1H3,(H3,18,19,21);1H. The van der Waals surface area contributed by atoms with Crippen LogP contribution in [0.4, 0.5) is 5.69 Å². The average Bonchev–Trinajstić information content (AvgIpc) is 2.53. The van der Waals surface area contributed by atoms with Crippen molar-refractivity contribution in [1.82, 2.24) is 4.98 Å². The molecule has 0 spiro atoms. The molecule has 0 saturated carbocycles. The van der Waals surface area contributed by atoms with E-state index in [0.29, 0.717) is 30.0 Å². The van der Waals surface area contributed by atoms with Crippen molar-refractivity contribution in [3.05, 3.63) is 53.2 Å². The van der Waals surface area contributed by atoms with Gasteiger partial charge in [-0.1, -0.05) is 30.7 Å². The Labute approximate surface area is 158 Å². The summed E-state index contributed by atoms with van der Waals surface area (Å²) >= 11 is 5.75. The molecule has 1 aromatic carbocycles. The zero-order valence-corrected chi connectivity index (χ0v) is 15.9. The summed E-state index contributed by atoms with van der Waals surface area (Å²) in [6, 6.07) is 11.5. The number of aromatic nitrogens is 1. The molecule has 2 aromatic rings. The molecule has 0 aliphatic heterocycles. The highest BCUT2D eigenvalue weighted by atomic mass is 127. The van der Waals surface area contributed by atoms with Gasteiger partial charge in [-0.25, -0.2) is 9.98 Å². The average molecular weight is 447 g/mol. The Morgan fingerprint density at radius 3 is 2.87 bits per heavy atom. The molecule has 0 bridgehead atoms. The summed E-state index contributed by atoms with van der Waals surface area (Å²) in [5, 5.41) is 3.64. The van der Waals surface area contributed by atoms with E-state index in [-0.39, 0.29) is 24.0 Å². The maximum atomic E-state index is 5.85. The van der Waals surface area contributed by atoms with E-state index in [4.69, 9.17) is 22.1 Å². The van der Waals surface area contributed by atoms with E-state index in [9.17, 15) is 0 Å². The van der Waals surface area contributed by atoms with Crippen molar-refractivity contribution < 1.29 is 4.74 Å². The second-order valence-electron chi connectivity index (χ2n) is 4.61. The van der Waals surface area contributed by atoms with Gasteiger partial charge in [0.2, 0.25) is 5.88 Å². The number of aryl methyl sites for hydroxylation is 1. The van der Waals surface area contributed by atoms with Gasteiger partial charge in [0.05, 0.1) is 11.6 Å². The molecule has 3 N–H and O–H groups in total. The first-order valence-corrected chi connectivity index (χ1v) is 7.45. The first-order chi connectivity index (χ1) is 10.7. The third kappa shape index (κ3) is 7.04. The van der Waals surface area contributed by atoms with E-state index >= 15 is 0 Å². The summed E-state index contributed by atoms with van der Waals surface area (Å²) in [6.07, 6.45) is 2.52. The molecule has 0 unspecified atom stereocenters. The van der Waals surface area contributed by atoms with Gasteiger partial charge < -0.3 is 15.8 Å². The van der Waals surface area contributed by atoms with Gasteiger partial charge >= 0.3 is 0 Å². The van der Waals surface area contributed by atoms with E-state index < -0.39 is 0 Å². The smallest absolute Gasteiger partial charge is 0.213 e. The molecule has 0 atom stereocenters. The van der Waals surface area contributed by atoms with Gasteiger partial charge in [-0.15, -0.1) is 24.0 Å². The Morgan fingerprint density at radius 2 is 2.17 bits per heavy atom. The number of nitrogens with zero attached hydrogens (tertiary/aromatic N) is 2. The molecule has 1 aromatic heterocycles. The molecule has 5 nitrogen and oxygen atoms in total. The summed E-state index contributed by atoms with van der Waals surface area (Å²) in [5.41, 5.74) is 8.02. The van der Waals surface area contributed by atoms with Crippen molar-refractivity contribution in [2.75, 3.05) is 18.5 Å². The van der Waals surface area contributed by atoms with Crippen LogP contribution in [0.15, 0.2) is 47.6 Å². The van der Waals surface area contributed by atoms with Crippen LogP contribution in [0.5, 0.6) is 5.88 Å². The lowest BCUT2D eigenvalue weighted by molar-refractivity contribution is 0.316. The highest BCUT2D eigenvalue weighted by Crippen LogP contribution is 2.12. The maximum absolute atomic E-state index is 5.85. The number of halogens is 2. The van der Waals surface area contributed by atoms with E-state index in [1.165, 1.54) is 11.8 Å². The van der Waals surface area contributed by atoms with Crippen molar-refractivity contribution in [2.45, 2.75) is 13.3 Å². The fourth-order valence-corrected chi connectivity index (χ4v) is 1.93. The number of hydrogen-bond acceptors (Lipinski definition) is 3. The van der Waals surface area contributed by atoms with Crippen LogP contribution in [0.3, 0.4) is 0 Å². The van der Waals surface area contributed by atoms with Crippen LogP contribution in [0.25, 0.3) is 0 Å². The quantitative estimate of drug-likeness (QED) is 0.307. The van der Waals surface area contributed by atoms with Crippen molar-refractivity contribution in [1.29, 1.82) is 0 Å². The summed E-state index contributed by atoms with van der Waals surface area (Å²) in [6.45, 7) is 2.95. The minimum atomic E-state index is 0. The normalized spacial score (nSPS) is 10.8. The number of anilines is 1. The molecule has 0 aliphatic carbocycles. The monoisotopic (exact) mass is 446 g/mol. The summed E-state index contributed by atoms with van der Waals surface area (Å²) in [4.78, 5) is 8.24. The van der Waals surface area contributed by atoms with Crippen LogP contribution >= 0.6 is 35.6 Å². The minimum Gasteiger partial charge on any atom is -0.476 e. The zero-order valence-electron chi connectivity index (χ0n) is 12.8. The van der Waals surface area contributed by atoms with E-state index in [1.807, 2.05) is 12.1 Å². The fraction of sp³-hybridized carbons (Fsp3) is 0.250. The number of aliphatic imine (C=N–C) groups is 1. The lowest BCUT2D eigenvalue weighted by Gasteiger charge is -2.07. The van der Waals surface area contributed by atoms with Crippen molar-refractivity contribution in [3.63, 3.8) is 0 Å². The molecule has 0 aliphatic rings. The number of benzene rings is 1. The Morgan fingerprint density at radius 1 is 1.35 bits per heavy atom. The first-order valence-electron chi connectivity index (χ1n) is 7.07. The summed E-state index contributed by atoms with van der Waals surface area (Å²) < 4.78 is 5.44. The first kappa shape index (κ1) is 19.5. The second-order valence-corrected chi connectivity index (χ2v) is 5.05. The van der Waals surface area contributed by atoms with Gasteiger partial charge in [-0.3, -0.25) is 0 Å². The van der Waals surface area contributed by atoms with Crippen molar-refractivity contribution in [2.24, 2.45) is 10.7 Å². The van der Waals surface area contributed by atoms with Gasteiger partial charge in [0.15, 0.2) is 5.96 Å². The fourth-order valence-electron chi connectivity index (χ4n) is 1.82. The molecule has 7 heteroatoms. The predicted molar refractivity (Wildman–Crippen MR) is 106 cm³/mol. The Hall–Kier alpha value is -1.54. The van der Waals surface area contributed by atoms with Gasteiger partial charge in [-0.2, -0.15) is 0 Å². The Kier molecular flexibility index (Phi) is 8.71. The maximum Gasteiger partial charge on any atom is 0.213 e. The van der Waals surface area contributed by atoms with Crippen LogP contribution in [0.2, 0.25) is 5.02 Å². The summed E-state index contributed by atoms with van der Waals surface area (Å²) in [7, 11) is 0. The van der Waals surface area contributed by atoms with Crippen LogP contribution in [0, 0.1) is 0 Å². The number of nitrogens with two attached hydrogens (primary N) is 1. The second kappa shape index (κ2) is 10.3. The number of pyridine rings is 1. The molecule has 0 radical (unpaired) electrons. The SMILES string of the molecule is CCc1cccc(NC(N)=NCCOc2ccc(Cl)cn2)c1.I. The van der Waals surface area contributed by atoms with Crippen molar-refractivity contribution in [3.8, 4) is 5.88 Å². The lowest BCUT2D eigenvalue weighted by atomic mass is 10.1. The van der Waals surface area contributed by atoms with Crippen LogP contribution in [-0.4, -0.2) is 24.1 Å². The predicted octanol–water partition coefficient (Wildman–Crippen LogP) is 3.72. The van der Waals surface area contributed by atoms with Crippen LogP contribution in [0.1, 0.15) is 12.5 Å². The van der Waals surface area contributed by atoms with E-state index in [0.717, 1.165) is 12.1 Å². The largest absolute Gasteiger partial charge is 0.476 e. The minimum absolute atomic E-state index is 0.